The van der Waals surface area contributed by atoms with Crippen molar-refractivity contribution in [3.05, 3.63) is 39.8 Å². The molecule has 1 fully saturated rings. The summed E-state index contributed by atoms with van der Waals surface area (Å²) in [5.74, 6) is -0.472. The summed E-state index contributed by atoms with van der Waals surface area (Å²) in [6.07, 6.45) is 0. The monoisotopic (exact) mass is 388 g/mol. The third-order valence-electron chi connectivity index (χ3n) is 4.41. The second kappa shape index (κ2) is 9.03. The lowest BCUT2D eigenvalue weighted by Gasteiger charge is -2.32. The number of likely N-dealkylation sites (N-methyl/N-ethyl adjacent to an activating group) is 1. The molecule has 0 bridgehead atoms. The lowest BCUT2D eigenvalue weighted by molar-refractivity contribution is 0.0940. The third-order valence-corrected chi connectivity index (χ3v) is 5.25. The number of piperazine rings is 1. The number of rotatable bonds is 6. The molecule has 8 nitrogen and oxygen atoms in total. The van der Waals surface area contributed by atoms with Gasteiger partial charge in [0.05, 0.1) is 0 Å². The van der Waals surface area contributed by atoms with Crippen molar-refractivity contribution in [1.82, 2.24) is 25.3 Å². The lowest BCUT2D eigenvalue weighted by Crippen LogP contribution is -2.46. The summed E-state index contributed by atoms with van der Waals surface area (Å²) >= 11 is 1.23. The van der Waals surface area contributed by atoms with Crippen molar-refractivity contribution in [2.24, 2.45) is 0 Å². The minimum absolute atomic E-state index is 0.146. The highest BCUT2D eigenvalue weighted by molar-refractivity contribution is 7.13. The maximum Gasteiger partial charge on any atom is 0.286 e. The number of carbonyl (C=O) groups is 2. The summed E-state index contributed by atoms with van der Waals surface area (Å²) in [6, 6.07) is 6.88. The summed E-state index contributed by atoms with van der Waals surface area (Å²) in [6.45, 7) is 7.41. The van der Waals surface area contributed by atoms with Gasteiger partial charge in [0.1, 0.15) is 5.01 Å². The van der Waals surface area contributed by atoms with Crippen LogP contribution < -0.4 is 10.6 Å². The van der Waals surface area contributed by atoms with Crippen LogP contribution in [0.1, 0.15) is 25.2 Å². The second-order valence-electron chi connectivity index (χ2n) is 6.56. The summed E-state index contributed by atoms with van der Waals surface area (Å²) < 4.78 is 0. The Bertz CT molecular complexity index is 801. The maximum absolute atomic E-state index is 12.4. The van der Waals surface area contributed by atoms with Crippen LogP contribution in [0.25, 0.3) is 0 Å². The van der Waals surface area contributed by atoms with E-state index in [1.165, 1.54) is 11.3 Å². The van der Waals surface area contributed by atoms with Gasteiger partial charge in [0.15, 0.2) is 0 Å². The van der Waals surface area contributed by atoms with E-state index in [0.29, 0.717) is 22.8 Å². The average molecular weight is 388 g/mol. The minimum Gasteiger partial charge on any atom is -0.351 e. The molecule has 0 unspecified atom stereocenters. The summed E-state index contributed by atoms with van der Waals surface area (Å²) in [5.41, 5.74) is 1.07. The van der Waals surface area contributed by atoms with Crippen LogP contribution in [0.5, 0.6) is 0 Å². The molecule has 0 saturated carbocycles. The Morgan fingerprint density at radius 1 is 1.15 bits per heavy atom. The molecule has 2 N–H and O–H groups in total. The average Bonchev–Trinajstić information content (AvgIpc) is 3.10. The molecule has 1 aliphatic rings. The SMILES string of the molecule is Cc1nnc(C(=O)Nc2cccc(C(=O)NCCN3CCN(C)CC3)c2)s1. The number of aryl methyl sites for hydroxylation is 1. The van der Waals surface area contributed by atoms with E-state index in [4.69, 9.17) is 0 Å². The molecule has 0 aliphatic carbocycles. The molecule has 1 aromatic heterocycles. The van der Waals surface area contributed by atoms with Gasteiger partial charge in [-0.25, -0.2) is 0 Å². The quantitative estimate of drug-likeness (QED) is 0.770. The predicted octanol–water partition coefficient (Wildman–Crippen LogP) is 1.08. The van der Waals surface area contributed by atoms with Crippen molar-refractivity contribution in [3.8, 4) is 0 Å². The molecule has 0 radical (unpaired) electrons. The minimum atomic E-state index is -0.326. The van der Waals surface area contributed by atoms with Crippen molar-refractivity contribution in [1.29, 1.82) is 0 Å². The number of hydrogen-bond acceptors (Lipinski definition) is 7. The van der Waals surface area contributed by atoms with Gasteiger partial charge < -0.3 is 15.5 Å². The molecule has 3 rings (SSSR count). The summed E-state index contributed by atoms with van der Waals surface area (Å²) in [7, 11) is 2.12. The van der Waals surface area contributed by atoms with Gasteiger partial charge in [-0.3, -0.25) is 14.5 Å². The van der Waals surface area contributed by atoms with Crippen molar-refractivity contribution in [2.45, 2.75) is 6.92 Å². The molecule has 27 heavy (non-hydrogen) atoms. The molecular formula is C18H24N6O2S. The van der Waals surface area contributed by atoms with E-state index in [-0.39, 0.29) is 11.8 Å². The maximum atomic E-state index is 12.4. The zero-order chi connectivity index (χ0) is 19.2. The van der Waals surface area contributed by atoms with Gasteiger partial charge in [-0.05, 0) is 32.2 Å². The molecule has 1 saturated heterocycles. The normalized spacial score (nSPS) is 15.5. The van der Waals surface area contributed by atoms with Crippen LogP contribution in [0.15, 0.2) is 24.3 Å². The fourth-order valence-corrected chi connectivity index (χ4v) is 3.40. The van der Waals surface area contributed by atoms with Crippen LogP contribution in [0.3, 0.4) is 0 Å². The van der Waals surface area contributed by atoms with Gasteiger partial charge in [0.2, 0.25) is 5.01 Å². The van der Waals surface area contributed by atoms with Crippen LogP contribution in [0.2, 0.25) is 0 Å². The Morgan fingerprint density at radius 3 is 2.63 bits per heavy atom. The standard InChI is InChI=1S/C18H24N6O2S/c1-13-21-22-18(27-13)17(26)20-15-5-3-4-14(12-15)16(25)19-6-7-24-10-8-23(2)9-11-24/h3-5,12H,6-11H2,1-2H3,(H,19,25)(H,20,26). The van der Waals surface area contributed by atoms with Crippen molar-refractivity contribution < 1.29 is 9.59 Å². The van der Waals surface area contributed by atoms with E-state index in [9.17, 15) is 9.59 Å². The van der Waals surface area contributed by atoms with Crippen LogP contribution in [0, 0.1) is 6.92 Å². The van der Waals surface area contributed by atoms with Crippen LogP contribution in [0.4, 0.5) is 5.69 Å². The first-order chi connectivity index (χ1) is 13.0. The lowest BCUT2D eigenvalue weighted by atomic mass is 10.2. The zero-order valence-electron chi connectivity index (χ0n) is 15.6. The number of amides is 2. The van der Waals surface area contributed by atoms with Crippen LogP contribution in [-0.4, -0.2) is 78.1 Å². The Hall–Kier alpha value is -2.36. The molecule has 0 spiro atoms. The van der Waals surface area contributed by atoms with Gasteiger partial charge in [-0.15, -0.1) is 10.2 Å². The first-order valence-corrected chi connectivity index (χ1v) is 9.73. The molecule has 9 heteroatoms. The van der Waals surface area contributed by atoms with Gasteiger partial charge >= 0.3 is 0 Å². The van der Waals surface area contributed by atoms with E-state index < -0.39 is 0 Å². The van der Waals surface area contributed by atoms with Crippen molar-refractivity contribution >= 4 is 28.8 Å². The Kier molecular flexibility index (Phi) is 6.49. The molecule has 144 valence electrons. The van der Waals surface area contributed by atoms with Crippen LogP contribution >= 0.6 is 11.3 Å². The number of aromatic nitrogens is 2. The van der Waals surface area contributed by atoms with Gasteiger partial charge in [0.25, 0.3) is 11.8 Å². The molecule has 1 aliphatic heterocycles. The molecule has 2 heterocycles. The zero-order valence-corrected chi connectivity index (χ0v) is 16.4. The van der Waals surface area contributed by atoms with E-state index in [2.05, 4.69) is 37.7 Å². The van der Waals surface area contributed by atoms with Gasteiger partial charge in [0, 0.05) is 50.5 Å². The fourth-order valence-electron chi connectivity index (χ4n) is 2.81. The molecular weight excluding hydrogens is 364 g/mol. The Morgan fingerprint density at radius 2 is 1.93 bits per heavy atom. The molecule has 0 atom stereocenters. The number of benzene rings is 1. The van der Waals surface area contributed by atoms with Crippen molar-refractivity contribution in [2.75, 3.05) is 51.6 Å². The van der Waals surface area contributed by atoms with Gasteiger partial charge in [-0.2, -0.15) is 0 Å². The highest BCUT2D eigenvalue weighted by Crippen LogP contribution is 2.14. The highest BCUT2D eigenvalue weighted by Gasteiger charge is 2.15. The molecule has 2 amide bonds. The van der Waals surface area contributed by atoms with E-state index in [1.54, 1.807) is 31.2 Å². The highest BCUT2D eigenvalue weighted by atomic mass is 32.1. The summed E-state index contributed by atoms with van der Waals surface area (Å²) in [4.78, 5) is 29.2. The predicted molar refractivity (Wildman–Crippen MR) is 105 cm³/mol. The number of nitrogens with zero attached hydrogens (tertiary/aromatic N) is 4. The first kappa shape index (κ1) is 19.4. The molecule has 2 aromatic rings. The van der Waals surface area contributed by atoms with Gasteiger partial charge in [-0.1, -0.05) is 17.4 Å². The molecule has 1 aromatic carbocycles. The Balaban J connectivity index is 1.50. The second-order valence-corrected chi connectivity index (χ2v) is 7.74. The first-order valence-electron chi connectivity index (χ1n) is 8.92. The third kappa shape index (κ3) is 5.56. The number of nitrogens with one attached hydrogen (secondary N) is 2. The van der Waals surface area contributed by atoms with Crippen LogP contribution in [-0.2, 0) is 0 Å². The fraction of sp³-hybridized carbons (Fsp3) is 0.444. The van der Waals surface area contributed by atoms with E-state index >= 15 is 0 Å². The number of carbonyl (C=O) groups excluding carboxylic acids is 2. The van der Waals surface area contributed by atoms with E-state index in [1.807, 2.05) is 0 Å². The largest absolute Gasteiger partial charge is 0.351 e. The number of hydrogen-bond donors (Lipinski definition) is 2. The number of anilines is 1. The smallest absolute Gasteiger partial charge is 0.286 e. The summed E-state index contributed by atoms with van der Waals surface area (Å²) in [5, 5.41) is 14.4. The van der Waals surface area contributed by atoms with E-state index in [0.717, 1.165) is 37.7 Å². The van der Waals surface area contributed by atoms with Crippen molar-refractivity contribution in [3.63, 3.8) is 0 Å². The Labute approximate surface area is 162 Å². The topological polar surface area (TPSA) is 90.5 Å².